The van der Waals surface area contributed by atoms with E-state index in [9.17, 15) is 0 Å². The maximum absolute atomic E-state index is 8.55. The summed E-state index contributed by atoms with van der Waals surface area (Å²) >= 11 is 0. The Morgan fingerprint density at radius 3 is 0.571 bits per heavy atom. The van der Waals surface area contributed by atoms with E-state index in [-0.39, 0.29) is 35.5 Å². The molecule has 1 radical (unpaired) electrons. The maximum Gasteiger partial charge on any atom is 3.00 e. The van der Waals surface area contributed by atoms with Crippen molar-refractivity contribution < 1.29 is 55.6 Å². The molecule has 0 atom stereocenters. The number of hydrogen-bond donors (Lipinski definition) is 3. The summed E-state index contributed by atoms with van der Waals surface area (Å²) < 4.78 is 17.1. The molecule has 0 saturated heterocycles. The van der Waals surface area contributed by atoms with Crippen LogP contribution in [-0.4, -0.2) is 0 Å². The van der Waals surface area contributed by atoms with Crippen LogP contribution in [0, 0.1) is 0 Å². The SMILES string of the molecule is O=P([O-])([O-])[O-].O=P([O-])([O-])[O-].[Fe+3].[NH4+].[NH4+].[NH4+]. The van der Waals surface area contributed by atoms with Crippen molar-refractivity contribution in [3.63, 3.8) is 0 Å². The first-order valence-corrected chi connectivity index (χ1v) is 4.38. The molecule has 0 aromatic carbocycles. The van der Waals surface area contributed by atoms with Crippen LogP contribution in [0.4, 0.5) is 0 Å². The summed E-state index contributed by atoms with van der Waals surface area (Å²) in [6, 6.07) is 0. The Balaban J connectivity index is -0.0000000178. The van der Waals surface area contributed by atoms with E-state index >= 15 is 0 Å². The topological polar surface area (TPSA) is 282 Å². The van der Waals surface area contributed by atoms with Crippen molar-refractivity contribution in [1.29, 1.82) is 0 Å². The minimum Gasteiger partial charge on any atom is -0.822 e. The molecule has 0 aromatic heterocycles. The van der Waals surface area contributed by atoms with Crippen LogP contribution in [0.5, 0.6) is 0 Å². The standard InChI is InChI=1S/Fe.3H3N.2H3O4P/c;;;;2*1-5(2,3)4/h;3*1H3;2*(H3,1,2,3,4)/q+3;;;;;/p-3. The van der Waals surface area contributed by atoms with Crippen molar-refractivity contribution >= 4 is 15.6 Å². The molecule has 93 valence electrons. The molecule has 0 aliphatic carbocycles. The number of phosphoric acid groups is 2. The molecule has 0 heterocycles. The molecule has 0 bridgehead atoms. The van der Waals surface area contributed by atoms with Crippen molar-refractivity contribution in [3.8, 4) is 0 Å². The normalized spacial score (nSPS) is 8.43. The Kier molecular flexibility index (Phi) is 35.5. The van der Waals surface area contributed by atoms with E-state index in [0.29, 0.717) is 0 Å². The Labute approximate surface area is 90.2 Å². The molecular weight excluding hydrogens is 288 g/mol. The van der Waals surface area contributed by atoms with Gasteiger partial charge in [-0.1, -0.05) is 0 Å². The Bertz CT molecular complexity index is 135. The summed E-state index contributed by atoms with van der Waals surface area (Å²) in [4.78, 5) is 51.3. The molecule has 0 saturated carbocycles. The minimum absolute atomic E-state index is 0. The molecule has 0 aliphatic rings. The number of quaternary nitrogens is 3. The van der Waals surface area contributed by atoms with Crippen LogP contribution in [0.2, 0.25) is 0 Å². The second-order valence-corrected chi connectivity index (χ2v) is 2.68. The van der Waals surface area contributed by atoms with Gasteiger partial charge in [0.15, 0.2) is 0 Å². The molecule has 0 rings (SSSR count). The molecule has 0 aromatic rings. The fraction of sp³-hybridized carbons (Fsp3) is 0. The second-order valence-electron chi connectivity index (χ2n) is 0.894. The van der Waals surface area contributed by atoms with Gasteiger partial charge in [0.1, 0.15) is 0 Å². The van der Waals surface area contributed by atoms with Crippen molar-refractivity contribution in [3.05, 3.63) is 0 Å². The molecular formula is H12FeN3O8P2. The predicted octanol–water partition coefficient (Wildman–Crippen LogP) is -4.52. The van der Waals surface area contributed by atoms with Gasteiger partial charge >= 0.3 is 17.1 Å². The van der Waals surface area contributed by atoms with E-state index in [2.05, 4.69) is 0 Å². The van der Waals surface area contributed by atoms with Crippen LogP contribution >= 0.6 is 15.6 Å². The van der Waals surface area contributed by atoms with Gasteiger partial charge in [0.2, 0.25) is 0 Å². The predicted molar refractivity (Wildman–Crippen MR) is 33.2 cm³/mol. The van der Waals surface area contributed by atoms with Gasteiger partial charge in [-0.2, -0.15) is 15.6 Å². The molecule has 0 amide bonds. The molecule has 14 heteroatoms. The fourth-order valence-electron chi connectivity index (χ4n) is 0. The Morgan fingerprint density at radius 2 is 0.571 bits per heavy atom. The monoisotopic (exact) mass is 300 g/mol. The van der Waals surface area contributed by atoms with Crippen LogP contribution in [0.3, 0.4) is 0 Å². The van der Waals surface area contributed by atoms with E-state index in [1.807, 2.05) is 0 Å². The van der Waals surface area contributed by atoms with E-state index in [1.54, 1.807) is 0 Å². The van der Waals surface area contributed by atoms with Crippen LogP contribution in [-0.2, 0) is 26.2 Å². The molecule has 0 fully saturated rings. The van der Waals surface area contributed by atoms with Crippen molar-refractivity contribution in [2.75, 3.05) is 0 Å². The Hall–Kier alpha value is 0.619. The first-order valence-electron chi connectivity index (χ1n) is 1.46. The summed E-state index contributed by atoms with van der Waals surface area (Å²) in [7, 11) is -10.8. The van der Waals surface area contributed by atoms with Gasteiger partial charge in [-0.15, -0.1) is 0 Å². The third-order valence-corrected chi connectivity index (χ3v) is 0. The van der Waals surface area contributed by atoms with E-state index in [0.717, 1.165) is 0 Å². The van der Waals surface area contributed by atoms with E-state index < -0.39 is 15.6 Å². The maximum atomic E-state index is 8.55. The van der Waals surface area contributed by atoms with Crippen LogP contribution < -0.4 is 47.8 Å². The zero-order valence-electron chi connectivity index (χ0n) is 7.51. The van der Waals surface area contributed by atoms with E-state index in [1.165, 1.54) is 0 Å². The van der Waals surface area contributed by atoms with Gasteiger partial charge in [0.05, 0.1) is 0 Å². The molecule has 0 spiro atoms. The average molecular weight is 300 g/mol. The van der Waals surface area contributed by atoms with E-state index in [4.69, 9.17) is 38.5 Å². The van der Waals surface area contributed by atoms with Crippen LogP contribution in [0.15, 0.2) is 0 Å². The van der Waals surface area contributed by atoms with Gasteiger partial charge in [-0.05, 0) is 0 Å². The average Bonchev–Trinajstić information content (AvgIpc) is 1.12. The Morgan fingerprint density at radius 1 is 0.571 bits per heavy atom. The van der Waals surface area contributed by atoms with Crippen molar-refractivity contribution in [1.82, 2.24) is 18.5 Å². The molecule has 11 nitrogen and oxygen atoms in total. The fourth-order valence-corrected chi connectivity index (χ4v) is 0. The summed E-state index contributed by atoms with van der Waals surface area (Å²) in [5, 5.41) is 0. The summed E-state index contributed by atoms with van der Waals surface area (Å²) in [5.74, 6) is 0. The second kappa shape index (κ2) is 13.6. The largest absolute Gasteiger partial charge is 3.00 e. The first-order chi connectivity index (χ1) is 4.00. The number of hydrogen-bond acceptors (Lipinski definition) is 8. The number of rotatable bonds is 0. The van der Waals surface area contributed by atoms with Gasteiger partial charge in [0.25, 0.3) is 0 Å². The van der Waals surface area contributed by atoms with Gasteiger partial charge in [-0.25, -0.2) is 0 Å². The van der Waals surface area contributed by atoms with Gasteiger partial charge < -0.3 is 56.9 Å². The molecule has 0 aliphatic heterocycles. The van der Waals surface area contributed by atoms with Gasteiger partial charge in [0, 0.05) is 0 Å². The van der Waals surface area contributed by atoms with Crippen LogP contribution in [0.25, 0.3) is 0 Å². The zero-order chi connectivity index (χ0) is 9.00. The first kappa shape index (κ1) is 36.5. The molecule has 14 heavy (non-hydrogen) atoms. The third kappa shape index (κ3) is 4440. The zero-order valence-corrected chi connectivity index (χ0v) is 10.4. The summed E-state index contributed by atoms with van der Waals surface area (Å²) in [5.41, 5.74) is 0. The third-order valence-electron chi connectivity index (χ3n) is 0. The smallest absolute Gasteiger partial charge is 0.822 e. The molecule has 12 N–H and O–H groups in total. The van der Waals surface area contributed by atoms with Crippen LogP contribution in [0.1, 0.15) is 0 Å². The van der Waals surface area contributed by atoms with Crippen molar-refractivity contribution in [2.45, 2.75) is 0 Å². The summed E-state index contributed by atoms with van der Waals surface area (Å²) in [6.45, 7) is 0. The minimum atomic E-state index is -5.39. The van der Waals surface area contributed by atoms with Crippen molar-refractivity contribution in [2.24, 2.45) is 0 Å². The van der Waals surface area contributed by atoms with Gasteiger partial charge in [-0.3, -0.25) is 0 Å². The summed E-state index contributed by atoms with van der Waals surface area (Å²) in [6.07, 6.45) is 0. The quantitative estimate of drug-likeness (QED) is 0.288. The molecule has 0 unspecified atom stereocenters.